The van der Waals surface area contributed by atoms with Gasteiger partial charge in [0.2, 0.25) is 0 Å². The third-order valence-electron chi connectivity index (χ3n) is 2.47. The monoisotopic (exact) mass is 365 g/mol. The smallest absolute Gasteiger partial charge is 0.251 e. The Labute approximate surface area is 117 Å². The van der Waals surface area contributed by atoms with Crippen LogP contribution in [0.3, 0.4) is 0 Å². The maximum absolute atomic E-state index is 13.0. The van der Waals surface area contributed by atoms with E-state index < -0.39 is 0 Å². The molecule has 0 spiro atoms. The molecule has 1 N–H and O–H groups in total. The van der Waals surface area contributed by atoms with Gasteiger partial charge in [-0.3, -0.25) is 4.79 Å². The summed E-state index contributed by atoms with van der Waals surface area (Å²) < 4.78 is 13.3. The van der Waals surface area contributed by atoms with Gasteiger partial charge in [-0.25, -0.2) is 4.39 Å². The summed E-state index contributed by atoms with van der Waals surface area (Å²) in [5.74, 6) is -0.535. The number of carbonyl (C=O) groups is 1. The van der Waals surface area contributed by atoms with Gasteiger partial charge in [-0.1, -0.05) is 22.9 Å². The molecular weight excluding hydrogens is 353 g/mol. The summed E-state index contributed by atoms with van der Waals surface area (Å²) in [5, 5.41) is 3.76. The molecule has 0 saturated heterocycles. The highest BCUT2D eigenvalue weighted by molar-refractivity contribution is 9.10. The Hall–Kier alpha value is -0.420. The van der Waals surface area contributed by atoms with Crippen molar-refractivity contribution in [1.82, 2.24) is 5.32 Å². The molecule has 0 fully saturated rings. The van der Waals surface area contributed by atoms with Crippen LogP contribution in [0.1, 0.15) is 30.1 Å². The van der Waals surface area contributed by atoms with Gasteiger partial charge in [0.1, 0.15) is 5.82 Å². The lowest BCUT2D eigenvalue weighted by Crippen LogP contribution is -2.34. The molecule has 0 saturated carbocycles. The van der Waals surface area contributed by atoms with Crippen LogP contribution in [-0.2, 0) is 0 Å². The average Bonchev–Trinajstić information content (AvgIpc) is 2.31. The zero-order valence-electron chi connectivity index (χ0n) is 9.47. The van der Waals surface area contributed by atoms with Crippen molar-refractivity contribution in [2.45, 2.75) is 25.8 Å². The molecule has 1 unspecified atom stereocenters. The summed E-state index contributed by atoms with van der Waals surface area (Å²) in [5.41, 5.74) is 0.464. The molecule has 1 amide bonds. The van der Waals surface area contributed by atoms with Gasteiger partial charge in [0.05, 0.1) is 4.47 Å². The Kier molecular flexibility index (Phi) is 6.12. The van der Waals surface area contributed by atoms with Crippen molar-refractivity contribution in [2.24, 2.45) is 0 Å². The van der Waals surface area contributed by atoms with E-state index in [4.69, 9.17) is 0 Å². The molecule has 94 valence electrons. The van der Waals surface area contributed by atoms with Crippen LogP contribution in [0.15, 0.2) is 22.7 Å². The van der Waals surface area contributed by atoms with E-state index in [9.17, 15) is 9.18 Å². The molecule has 0 heterocycles. The molecule has 2 nitrogen and oxygen atoms in total. The molecule has 0 aliphatic carbocycles. The second-order valence-corrected chi connectivity index (χ2v) is 5.33. The Balaban J connectivity index is 2.72. The molecule has 5 heteroatoms. The lowest BCUT2D eigenvalue weighted by molar-refractivity contribution is 0.0935. The van der Waals surface area contributed by atoms with Gasteiger partial charge in [-0.05, 0) is 47.0 Å². The van der Waals surface area contributed by atoms with Crippen LogP contribution >= 0.6 is 31.9 Å². The first kappa shape index (κ1) is 14.6. The van der Waals surface area contributed by atoms with Gasteiger partial charge in [-0.2, -0.15) is 0 Å². The summed E-state index contributed by atoms with van der Waals surface area (Å²) in [7, 11) is 0. The molecule has 1 aromatic rings. The highest BCUT2D eigenvalue weighted by atomic mass is 79.9. The number of halogens is 3. The number of carbonyl (C=O) groups excluding carboxylic acids is 1. The van der Waals surface area contributed by atoms with Crippen molar-refractivity contribution in [3.8, 4) is 0 Å². The molecule has 1 aromatic carbocycles. The number of rotatable bonds is 5. The van der Waals surface area contributed by atoms with Gasteiger partial charge in [0.15, 0.2) is 0 Å². The van der Waals surface area contributed by atoms with Crippen molar-refractivity contribution in [3.05, 3.63) is 34.1 Å². The quantitative estimate of drug-likeness (QED) is 0.787. The first-order valence-electron chi connectivity index (χ1n) is 5.40. The zero-order valence-corrected chi connectivity index (χ0v) is 12.6. The van der Waals surface area contributed by atoms with E-state index in [0.717, 1.165) is 18.2 Å². The summed E-state index contributed by atoms with van der Waals surface area (Å²) in [4.78, 5) is 11.9. The summed E-state index contributed by atoms with van der Waals surface area (Å²) in [6, 6.07) is 4.40. The van der Waals surface area contributed by atoms with Crippen molar-refractivity contribution in [1.29, 1.82) is 0 Å². The second kappa shape index (κ2) is 7.11. The fourth-order valence-electron chi connectivity index (χ4n) is 1.42. The van der Waals surface area contributed by atoms with Gasteiger partial charge in [0, 0.05) is 16.9 Å². The van der Waals surface area contributed by atoms with Crippen LogP contribution in [-0.4, -0.2) is 17.3 Å². The maximum atomic E-state index is 13.0. The fourth-order valence-corrected chi connectivity index (χ4v) is 2.35. The first-order valence-corrected chi connectivity index (χ1v) is 7.31. The lowest BCUT2D eigenvalue weighted by atomic mass is 10.1. The predicted molar refractivity (Wildman–Crippen MR) is 74.1 cm³/mol. The van der Waals surface area contributed by atoms with E-state index in [-0.39, 0.29) is 17.8 Å². The van der Waals surface area contributed by atoms with Crippen molar-refractivity contribution in [2.75, 3.05) is 5.33 Å². The highest BCUT2D eigenvalue weighted by Gasteiger charge is 2.12. The minimum Gasteiger partial charge on any atom is -0.349 e. The largest absolute Gasteiger partial charge is 0.349 e. The van der Waals surface area contributed by atoms with Crippen LogP contribution in [0.2, 0.25) is 0 Å². The normalized spacial score (nSPS) is 12.2. The molecule has 0 bridgehead atoms. The van der Waals surface area contributed by atoms with Crippen LogP contribution in [0, 0.1) is 5.82 Å². The molecule has 1 rings (SSSR count). The van der Waals surface area contributed by atoms with E-state index in [0.29, 0.717) is 10.0 Å². The highest BCUT2D eigenvalue weighted by Crippen LogP contribution is 2.17. The number of hydrogen-bond acceptors (Lipinski definition) is 1. The van der Waals surface area contributed by atoms with E-state index in [1.165, 1.54) is 18.2 Å². The molecule has 0 radical (unpaired) electrons. The SMILES string of the molecule is CCC(CCBr)NC(=O)c1ccc(F)c(Br)c1. The Morgan fingerprint density at radius 3 is 2.76 bits per heavy atom. The number of alkyl halides is 1. The lowest BCUT2D eigenvalue weighted by Gasteiger charge is -2.15. The summed E-state index contributed by atoms with van der Waals surface area (Å²) >= 11 is 6.42. The van der Waals surface area contributed by atoms with Crippen LogP contribution in [0.4, 0.5) is 4.39 Å². The number of benzene rings is 1. The standard InChI is InChI=1S/C12H14Br2FNO/c1-2-9(5-6-13)16-12(17)8-3-4-11(15)10(14)7-8/h3-4,7,9H,2,5-6H2,1H3,(H,16,17). The van der Waals surface area contributed by atoms with Gasteiger partial charge in [0.25, 0.3) is 5.91 Å². The number of hydrogen-bond donors (Lipinski definition) is 1. The number of nitrogens with one attached hydrogen (secondary N) is 1. The summed E-state index contributed by atoms with van der Waals surface area (Å²) in [6.07, 6.45) is 1.75. The van der Waals surface area contributed by atoms with Crippen molar-refractivity contribution < 1.29 is 9.18 Å². The molecule has 0 aliphatic rings. The topological polar surface area (TPSA) is 29.1 Å². The Morgan fingerprint density at radius 2 is 2.24 bits per heavy atom. The Bertz CT molecular complexity index is 398. The minimum atomic E-state index is -0.367. The molecular formula is C12H14Br2FNO. The van der Waals surface area contributed by atoms with Gasteiger partial charge >= 0.3 is 0 Å². The fraction of sp³-hybridized carbons (Fsp3) is 0.417. The molecule has 1 atom stereocenters. The zero-order chi connectivity index (χ0) is 12.8. The van der Waals surface area contributed by atoms with E-state index in [2.05, 4.69) is 37.2 Å². The van der Waals surface area contributed by atoms with Gasteiger partial charge in [-0.15, -0.1) is 0 Å². The van der Waals surface area contributed by atoms with Crippen LogP contribution in [0.5, 0.6) is 0 Å². The predicted octanol–water partition coefficient (Wildman–Crippen LogP) is 3.88. The van der Waals surface area contributed by atoms with Crippen LogP contribution in [0.25, 0.3) is 0 Å². The molecule has 17 heavy (non-hydrogen) atoms. The van der Waals surface area contributed by atoms with E-state index >= 15 is 0 Å². The van der Waals surface area contributed by atoms with E-state index in [1.807, 2.05) is 6.92 Å². The first-order chi connectivity index (χ1) is 8.08. The van der Waals surface area contributed by atoms with Crippen molar-refractivity contribution in [3.63, 3.8) is 0 Å². The molecule has 0 aromatic heterocycles. The third-order valence-corrected chi connectivity index (χ3v) is 3.53. The summed E-state index contributed by atoms with van der Waals surface area (Å²) in [6.45, 7) is 2.02. The third kappa shape index (κ3) is 4.39. The second-order valence-electron chi connectivity index (χ2n) is 3.69. The van der Waals surface area contributed by atoms with Crippen LogP contribution < -0.4 is 5.32 Å². The van der Waals surface area contributed by atoms with E-state index in [1.54, 1.807) is 0 Å². The number of amides is 1. The van der Waals surface area contributed by atoms with Crippen molar-refractivity contribution >= 4 is 37.8 Å². The minimum absolute atomic E-state index is 0.144. The Morgan fingerprint density at radius 1 is 1.53 bits per heavy atom. The maximum Gasteiger partial charge on any atom is 0.251 e. The molecule has 0 aliphatic heterocycles. The van der Waals surface area contributed by atoms with Gasteiger partial charge < -0.3 is 5.32 Å². The average molecular weight is 367 g/mol.